The van der Waals surface area contributed by atoms with Gasteiger partial charge in [-0.3, -0.25) is 4.79 Å². The van der Waals surface area contributed by atoms with Crippen molar-refractivity contribution < 1.29 is 14.6 Å². The molecule has 2 fully saturated rings. The first-order chi connectivity index (χ1) is 18.9. The van der Waals surface area contributed by atoms with E-state index < -0.39 is 27.8 Å². The zero-order chi connectivity index (χ0) is 26.8. The van der Waals surface area contributed by atoms with Crippen molar-refractivity contribution in [3.63, 3.8) is 0 Å². The molecule has 192 valence electrons. The highest BCUT2D eigenvalue weighted by Crippen LogP contribution is 2.91. The van der Waals surface area contributed by atoms with E-state index in [1.807, 2.05) is 66.7 Å². The third-order valence-electron chi connectivity index (χ3n) is 10.9. The minimum Gasteiger partial charge on any atom is -0.496 e. The summed E-state index contributed by atoms with van der Waals surface area (Å²) in [6.45, 7) is 4.28. The molecule has 0 aliphatic heterocycles. The summed E-state index contributed by atoms with van der Waals surface area (Å²) in [5.41, 5.74) is 3.32. The molecule has 3 nitrogen and oxygen atoms in total. The Morgan fingerprint density at radius 3 is 1.95 bits per heavy atom. The quantitative estimate of drug-likeness (QED) is 0.344. The average molecular weight is 511 g/mol. The summed E-state index contributed by atoms with van der Waals surface area (Å²) in [6.07, 6.45) is 0. The largest absolute Gasteiger partial charge is 0.496 e. The van der Waals surface area contributed by atoms with Crippen LogP contribution in [0.5, 0.6) is 5.75 Å². The summed E-state index contributed by atoms with van der Waals surface area (Å²) in [5.74, 6) is 0.0829. The summed E-state index contributed by atoms with van der Waals surface area (Å²) in [7, 11) is 1.69. The van der Waals surface area contributed by atoms with Crippen molar-refractivity contribution in [1.29, 1.82) is 0 Å². The third-order valence-corrected chi connectivity index (χ3v) is 10.9. The summed E-state index contributed by atoms with van der Waals surface area (Å²) >= 11 is 0. The van der Waals surface area contributed by atoms with E-state index in [0.29, 0.717) is 0 Å². The first kappa shape index (κ1) is 23.0. The Bertz CT molecular complexity index is 1710. The van der Waals surface area contributed by atoms with Crippen molar-refractivity contribution in [2.45, 2.75) is 30.3 Å². The van der Waals surface area contributed by atoms with Gasteiger partial charge in [-0.05, 0) is 39.5 Å². The molecular weight excluding hydrogens is 480 g/mol. The molecule has 4 aromatic carbocycles. The van der Waals surface area contributed by atoms with Gasteiger partial charge in [0.1, 0.15) is 17.1 Å². The van der Waals surface area contributed by atoms with Crippen molar-refractivity contribution in [2.24, 2.45) is 17.3 Å². The van der Waals surface area contributed by atoms with Crippen molar-refractivity contribution in [3.05, 3.63) is 137 Å². The number of rotatable bonds is 4. The summed E-state index contributed by atoms with van der Waals surface area (Å²) in [4.78, 5) is 15.1. The summed E-state index contributed by atoms with van der Waals surface area (Å²) in [6, 6.07) is 36.9. The number of hydrogen-bond acceptors (Lipinski definition) is 3. The molecule has 0 heterocycles. The highest BCUT2D eigenvalue weighted by atomic mass is 16.5. The second-order valence-corrected chi connectivity index (χ2v) is 12.0. The molecule has 2 saturated carbocycles. The Balaban J connectivity index is 1.59. The molecule has 4 bridgehead atoms. The van der Waals surface area contributed by atoms with Gasteiger partial charge in [-0.25, -0.2) is 0 Å². The predicted octanol–water partition coefficient (Wildman–Crippen LogP) is 6.44. The number of aliphatic hydroxyl groups is 1. The molecule has 0 aromatic heterocycles. The Labute approximate surface area is 228 Å². The van der Waals surface area contributed by atoms with Gasteiger partial charge in [0, 0.05) is 27.7 Å². The molecule has 0 radical (unpaired) electrons. The van der Waals surface area contributed by atoms with Crippen LogP contribution < -0.4 is 4.74 Å². The standard InChI is InChI=1S/C36H30O3/c1-33-29-25(20-13-21-26(29)39-3)35(24-18-11-6-12-19-24)32-31(37)30(33)27(22-14-7-4-8-15-22)28(23-16-9-5-10-17-23)36(33,38)34(32,35)2/h4-21,30,32,38H,1-3H3/t30-,32-,33-,34+,35-,36+/m0/s1. The number of fused-ring (bicyclic) bond motifs is 3. The first-order valence-electron chi connectivity index (χ1n) is 13.7. The molecule has 6 atom stereocenters. The van der Waals surface area contributed by atoms with Crippen molar-refractivity contribution in [3.8, 4) is 5.75 Å². The molecule has 39 heavy (non-hydrogen) atoms. The van der Waals surface area contributed by atoms with Gasteiger partial charge in [-0.1, -0.05) is 117 Å². The van der Waals surface area contributed by atoms with Crippen molar-refractivity contribution in [2.75, 3.05) is 7.11 Å². The lowest BCUT2D eigenvalue weighted by atomic mass is 9.48. The Morgan fingerprint density at radius 2 is 1.33 bits per heavy atom. The topological polar surface area (TPSA) is 46.5 Å². The van der Waals surface area contributed by atoms with Crippen LogP contribution >= 0.6 is 0 Å². The summed E-state index contributed by atoms with van der Waals surface area (Å²) < 4.78 is 6.05. The van der Waals surface area contributed by atoms with Crippen molar-refractivity contribution in [1.82, 2.24) is 0 Å². The third kappa shape index (κ3) is 2.17. The van der Waals surface area contributed by atoms with Crippen LogP contribution in [0, 0.1) is 17.3 Å². The number of ether oxygens (including phenoxy) is 1. The van der Waals surface area contributed by atoms with E-state index in [-0.39, 0.29) is 11.7 Å². The maximum atomic E-state index is 15.1. The molecule has 0 saturated heterocycles. The van der Waals surface area contributed by atoms with Crippen LogP contribution in [0.4, 0.5) is 0 Å². The number of ketones is 1. The Kier molecular flexibility index (Phi) is 4.22. The number of methoxy groups -OCH3 is 1. The highest BCUT2D eigenvalue weighted by molar-refractivity contribution is 6.17. The lowest BCUT2D eigenvalue weighted by Crippen LogP contribution is -2.64. The molecule has 8 rings (SSSR count). The average Bonchev–Trinajstić information content (AvgIpc) is 3.55. The van der Waals surface area contributed by atoms with E-state index in [1.54, 1.807) is 7.11 Å². The van der Waals surface area contributed by atoms with Crippen LogP contribution in [0.25, 0.3) is 11.1 Å². The van der Waals surface area contributed by atoms with Crippen LogP contribution in [-0.2, 0) is 15.6 Å². The maximum Gasteiger partial charge on any atom is 0.146 e. The van der Waals surface area contributed by atoms with E-state index >= 15 is 4.79 Å². The highest BCUT2D eigenvalue weighted by Gasteiger charge is 2.96. The number of carbonyl (C=O) groups is 1. The minimum atomic E-state index is -1.33. The number of Topliss-reactive ketones (excluding diaryl/α,β-unsaturated/α-hetero) is 1. The first-order valence-corrected chi connectivity index (χ1v) is 13.7. The molecule has 4 aliphatic rings. The zero-order valence-corrected chi connectivity index (χ0v) is 22.3. The van der Waals surface area contributed by atoms with E-state index in [1.165, 1.54) is 0 Å². The smallest absolute Gasteiger partial charge is 0.146 e. The van der Waals surface area contributed by atoms with Gasteiger partial charge in [-0.15, -0.1) is 0 Å². The maximum absolute atomic E-state index is 15.1. The van der Waals surface area contributed by atoms with E-state index in [4.69, 9.17) is 4.74 Å². The summed E-state index contributed by atoms with van der Waals surface area (Å²) in [5, 5.41) is 13.7. The van der Waals surface area contributed by atoms with Crippen LogP contribution in [-0.4, -0.2) is 23.6 Å². The molecule has 3 heteroatoms. The molecule has 0 amide bonds. The lowest BCUT2D eigenvalue weighted by Gasteiger charge is -2.56. The Morgan fingerprint density at radius 1 is 0.744 bits per heavy atom. The number of carbonyl (C=O) groups excluding carboxylic acids is 1. The second kappa shape index (κ2) is 7.16. The van der Waals surface area contributed by atoms with Crippen molar-refractivity contribution >= 4 is 16.9 Å². The van der Waals surface area contributed by atoms with Crippen LogP contribution in [0.15, 0.2) is 109 Å². The molecule has 0 spiro atoms. The van der Waals surface area contributed by atoms with Crippen LogP contribution in [0.1, 0.15) is 41.7 Å². The zero-order valence-electron chi connectivity index (χ0n) is 22.3. The number of hydrogen-bond donors (Lipinski definition) is 1. The Hall–Kier alpha value is -3.95. The number of allylic oxidation sites excluding steroid dienone is 1. The minimum absolute atomic E-state index is 0.219. The van der Waals surface area contributed by atoms with Crippen LogP contribution in [0.2, 0.25) is 0 Å². The van der Waals surface area contributed by atoms with E-state index in [9.17, 15) is 5.11 Å². The lowest BCUT2D eigenvalue weighted by molar-refractivity contribution is -0.139. The van der Waals surface area contributed by atoms with Gasteiger partial charge in [0.05, 0.1) is 13.0 Å². The van der Waals surface area contributed by atoms with Gasteiger partial charge in [-0.2, -0.15) is 0 Å². The van der Waals surface area contributed by atoms with Gasteiger partial charge in [0.2, 0.25) is 0 Å². The van der Waals surface area contributed by atoms with E-state index in [2.05, 4.69) is 56.3 Å². The fraction of sp³-hybridized carbons (Fsp3) is 0.250. The monoisotopic (exact) mass is 510 g/mol. The van der Waals surface area contributed by atoms with Gasteiger partial charge in [0.15, 0.2) is 0 Å². The van der Waals surface area contributed by atoms with E-state index in [0.717, 1.165) is 44.7 Å². The second-order valence-electron chi connectivity index (χ2n) is 12.0. The SMILES string of the molecule is COc1cccc2c1[C@@]1(C)[C@@H]3C(=O)[C@@H]4[C@@]2(c2ccccc2)[C@]4(C)[C@@]1(O)C(c1ccccc1)=C3c1ccccc1. The molecule has 1 N–H and O–H groups in total. The number of benzene rings is 4. The van der Waals surface area contributed by atoms with Crippen LogP contribution in [0.3, 0.4) is 0 Å². The predicted molar refractivity (Wildman–Crippen MR) is 152 cm³/mol. The van der Waals surface area contributed by atoms with Gasteiger partial charge >= 0.3 is 0 Å². The van der Waals surface area contributed by atoms with Gasteiger partial charge < -0.3 is 9.84 Å². The van der Waals surface area contributed by atoms with Gasteiger partial charge in [0.25, 0.3) is 0 Å². The fourth-order valence-electron chi connectivity index (χ4n) is 9.65. The fourth-order valence-corrected chi connectivity index (χ4v) is 9.65. The normalized spacial score (nSPS) is 35.0. The molecular formula is C36H30O3. The molecule has 4 aromatic rings. The molecule has 0 unspecified atom stereocenters. The molecule has 4 aliphatic carbocycles.